The largest absolute Gasteiger partial charge is 0.375 e. The fraction of sp³-hybridized carbons (Fsp3) is 0.250. The number of anilines is 1. The molecule has 2 rings (SSSR count). The van der Waals surface area contributed by atoms with Gasteiger partial charge < -0.3 is 5.32 Å². The number of halogens is 2. The van der Waals surface area contributed by atoms with Crippen molar-refractivity contribution in [2.24, 2.45) is 0 Å². The Morgan fingerprint density at radius 3 is 2.78 bits per heavy atom. The van der Waals surface area contributed by atoms with Gasteiger partial charge in [0.1, 0.15) is 5.01 Å². The van der Waals surface area contributed by atoms with Gasteiger partial charge in [0, 0.05) is 22.2 Å². The molecule has 0 aliphatic rings. The van der Waals surface area contributed by atoms with Gasteiger partial charge in [0.15, 0.2) is 0 Å². The van der Waals surface area contributed by atoms with Gasteiger partial charge in [0.2, 0.25) is 0 Å². The van der Waals surface area contributed by atoms with Gasteiger partial charge in [0.05, 0.1) is 6.04 Å². The molecule has 0 saturated heterocycles. The van der Waals surface area contributed by atoms with E-state index in [0.29, 0.717) is 22.3 Å². The van der Waals surface area contributed by atoms with Crippen LogP contribution in [-0.2, 0) is 0 Å². The van der Waals surface area contributed by atoms with Crippen molar-refractivity contribution in [3.63, 3.8) is 0 Å². The van der Waals surface area contributed by atoms with Gasteiger partial charge in [0.25, 0.3) is 5.76 Å². The van der Waals surface area contributed by atoms with Gasteiger partial charge in [-0.3, -0.25) is 0 Å². The van der Waals surface area contributed by atoms with Gasteiger partial charge in [-0.25, -0.2) is 4.98 Å². The number of nitrogens with zero attached hydrogens (tertiary/aromatic N) is 1. The van der Waals surface area contributed by atoms with Crippen molar-refractivity contribution in [2.75, 3.05) is 5.32 Å². The molecule has 6 heteroatoms. The fourth-order valence-electron chi connectivity index (χ4n) is 1.53. The van der Waals surface area contributed by atoms with Crippen LogP contribution in [0.3, 0.4) is 0 Å². The molecule has 0 saturated carbocycles. The molecule has 0 aliphatic carbocycles. The monoisotopic (exact) mass is 286 g/mol. The normalized spacial score (nSPS) is 12.7. The van der Waals surface area contributed by atoms with Crippen LogP contribution in [0.1, 0.15) is 18.0 Å². The highest BCUT2D eigenvalue weighted by Gasteiger charge is 2.13. The number of hydrogen-bond acceptors (Lipinski definition) is 4. The predicted octanol–water partition coefficient (Wildman–Crippen LogP) is 4.63. The molecule has 18 heavy (non-hydrogen) atoms. The van der Waals surface area contributed by atoms with Gasteiger partial charge >= 0.3 is 0 Å². The third kappa shape index (κ3) is 3.43. The zero-order chi connectivity index (χ0) is 13.0. The first-order chi connectivity index (χ1) is 8.66. The molecular formula is C12H12F2N2S2. The van der Waals surface area contributed by atoms with Crippen LogP contribution in [0.15, 0.2) is 40.7 Å². The summed E-state index contributed by atoms with van der Waals surface area (Å²) in [6, 6.07) is 7.07. The number of thioether (sulfide) groups is 1. The van der Waals surface area contributed by atoms with Gasteiger partial charge in [-0.15, -0.1) is 11.3 Å². The van der Waals surface area contributed by atoms with Crippen molar-refractivity contribution >= 4 is 28.8 Å². The Morgan fingerprint density at radius 2 is 2.11 bits per heavy atom. The van der Waals surface area contributed by atoms with E-state index >= 15 is 0 Å². The van der Waals surface area contributed by atoms with Crippen molar-refractivity contribution in [1.82, 2.24) is 4.98 Å². The van der Waals surface area contributed by atoms with Gasteiger partial charge in [-0.2, -0.15) is 8.78 Å². The summed E-state index contributed by atoms with van der Waals surface area (Å²) in [4.78, 5) is 4.76. The number of benzene rings is 1. The number of nitrogens with one attached hydrogen (secondary N) is 1. The second-order valence-electron chi connectivity index (χ2n) is 3.61. The van der Waals surface area contributed by atoms with Gasteiger partial charge in [-0.05, 0) is 19.1 Å². The summed E-state index contributed by atoms with van der Waals surface area (Å²) < 4.78 is 24.9. The van der Waals surface area contributed by atoms with E-state index < -0.39 is 5.76 Å². The number of thiazole rings is 1. The molecule has 0 spiro atoms. The SMILES string of the molecule is CC(Nc1ccccc1SC(F)F)c1nccs1. The maximum atomic E-state index is 12.4. The summed E-state index contributed by atoms with van der Waals surface area (Å²) in [6.07, 6.45) is 1.73. The summed E-state index contributed by atoms with van der Waals surface area (Å²) in [5.41, 5.74) is 0.713. The van der Waals surface area contributed by atoms with Crippen LogP contribution in [-0.4, -0.2) is 10.7 Å². The number of alkyl halides is 2. The first-order valence-electron chi connectivity index (χ1n) is 5.36. The second kappa shape index (κ2) is 6.15. The standard InChI is InChI=1S/C12H12F2N2S2/c1-8(11-15-6-7-17-11)16-9-4-2-3-5-10(9)18-12(13)14/h2-8,12,16H,1H3. The minimum atomic E-state index is -2.41. The Kier molecular flexibility index (Phi) is 4.54. The van der Waals surface area contributed by atoms with Crippen LogP contribution in [0.2, 0.25) is 0 Å². The zero-order valence-electron chi connectivity index (χ0n) is 9.64. The third-order valence-corrected chi connectivity index (χ3v) is 4.04. The van der Waals surface area contributed by atoms with Crippen molar-refractivity contribution in [3.05, 3.63) is 40.8 Å². The maximum absolute atomic E-state index is 12.4. The topological polar surface area (TPSA) is 24.9 Å². The molecule has 96 valence electrons. The van der Waals surface area contributed by atoms with Crippen molar-refractivity contribution in [2.45, 2.75) is 23.6 Å². The molecule has 1 unspecified atom stereocenters. The molecule has 2 aromatic rings. The minimum absolute atomic E-state index is 0.00409. The van der Waals surface area contributed by atoms with Crippen molar-refractivity contribution in [1.29, 1.82) is 0 Å². The van der Waals surface area contributed by atoms with E-state index in [4.69, 9.17) is 0 Å². The van der Waals surface area contributed by atoms with E-state index in [1.807, 2.05) is 18.4 Å². The lowest BCUT2D eigenvalue weighted by molar-refractivity contribution is 0.252. The number of para-hydroxylation sites is 1. The Morgan fingerprint density at radius 1 is 1.33 bits per heavy atom. The lowest BCUT2D eigenvalue weighted by atomic mass is 10.2. The predicted molar refractivity (Wildman–Crippen MR) is 72.5 cm³/mol. The first kappa shape index (κ1) is 13.3. The molecule has 1 aromatic heterocycles. The summed E-state index contributed by atoms with van der Waals surface area (Å²) in [5, 5.41) is 6.05. The molecule has 0 fully saturated rings. The van der Waals surface area contributed by atoms with E-state index in [0.717, 1.165) is 5.01 Å². The Labute approximate surface area is 112 Å². The highest BCUT2D eigenvalue weighted by Crippen LogP contribution is 2.33. The lowest BCUT2D eigenvalue weighted by Gasteiger charge is -2.15. The average molecular weight is 286 g/mol. The van der Waals surface area contributed by atoms with Crippen LogP contribution < -0.4 is 5.32 Å². The summed E-state index contributed by atoms with van der Waals surface area (Å²) >= 11 is 2.09. The molecule has 0 amide bonds. The van der Waals surface area contributed by atoms with Crippen LogP contribution in [0.5, 0.6) is 0 Å². The molecule has 1 heterocycles. The number of rotatable bonds is 5. The number of aromatic nitrogens is 1. The minimum Gasteiger partial charge on any atom is -0.375 e. The number of hydrogen-bond donors (Lipinski definition) is 1. The molecule has 1 N–H and O–H groups in total. The molecule has 0 radical (unpaired) electrons. The van der Waals surface area contributed by atoms with E-state index in [1.165, 1.54) is 0 Å². The summed E-state index contributed by atoms with van der Waals surface area (Å²) in [6.45, 7) is 1.96. The van der Waals surface area contributed by atoms with E-state index in [9.17, 15) is 8.78 Å². The smallest absolute Gasteiger partial charge is 0.288 e. The molecule has 0 bridgehead atoms. The first-order valence-corrected chi connectivity index (χ1v) is 7.12. The van der Waals surface area contributed by atoms with Crippen LogP contribution >= 0.6 is 23.1 Å². The second-order valence-corrected chi connectivity index (χ2v) is 5.57. The molecule has 1 aromatic carbocycles. The summed E-state index contributed by atoms with van der Waals surface area (Å²) in [7, 11) is 0. The zero-order valence-corrected chi connectivity index (χ0v) is 11.3. The third-order valence-electron chi connectivity index (χ3n) is 2.30. The summed E-state index contributed by atoms with van der Waals surface area (Å²) in [5.74, 6) is -2.41. The highest BCUT2D eigenvalue weighted by atomic mass is 32.2. The lowest BCUT2D eigenvalue weighted by Crippen LogP contribution is -2.07. The van der Waals surface area contributed by atoms with Crippen LogP contribution in [0, 0.1) is 0 Å². The molecule has 1 atom stereocenters. The van der Waals surface area contributed by atoms with Crippen LogP contribution in [0.4, 0.5) is 14.5 Å². The Bertz CT molecular complexity index is 489. The van der Waals surface area contributed by atoms with Crippen LogP contribution in [0.25, 0.3) is 0 Å². The van der Waals surface area contributed by atoms with Gasteiger partial charge in [-0.1, -0.05) is 23.9 Å². The quantitative estimate of drug-likeness (QED) is 0.811. The maximum Gasteiger partial charge on any atom is 0.288 e. The Hall–Kier alpha value is -1.14. The van der Waals surface area contributed by atoms with E-state index in [-0.39, 0.29) is 6.04 Å². The molecular weight excluding hydrogens is 274 g/mol. The van der Waals surface area contributed by atoms with E-state index in [1.54, 1.807) is 35.7 Å². The van der Waals surface area contributed by atoms with Crippen molar-refractivity contribution < 1.29 is 8.78 Å². The Balaban J connectivity index is 2.13. The fourth-order valence-corrected chi connectivity index (χ4v) is 2.78. The van der Waals surface area contributed by atoms with E-state index in [2.05, 4.69) is 10.3 Å². The molecule has 0 aliphatic heterocycles. The highest BCUT2D eigenvalue weighted by molar-refractivity contribution is 7.99. The molecule has 2 nitrogen and oxygen atoms in total. The van der Waals surface area contributed by atoms with Crippen molar-refractivity contribution in [3.8, 4) is 0 Å². The average Bonchev–Trinajstić information content (AvgIpc) is 2.84.